The molecule has 0 spiro atoms. The van der Waals surface area contributed by atoms with Gasteiger partial charge in [-0.2, -0.15) is 0 Å². The van der Waals surface area contributed by atoms with Gasteiger partial charge in [-0.05, 0) is 13.3 Å². The van der Waals surface area contributed by atoms with Crippen LogP contribution in [0.1, 0.15) is 34.1 Å². The molecule has 1 N–H and O–H groups in total. The predicted octanol–water partition coefficient (Wildman–Crippen LogP) is 1.19. The highest BCUT2D eigenvalue weighted by atomic mass is 16.5. The number of hydrogen-bond donors (Lipinski definition) is 1. The van der Waals surface area contributed by atoms with Crippen molar-refractivity contribution in [2.45, 2.75) is 40.2 Å². The highest BCUT2D eigenvalue weighted by Crippen LogP contribution is 2.12. The lowest BCUT2D eigenvalue weighted by molar-refractivity contribution is -0.926. The van der Waals surface area contributed by atoms with E-state index in [9.17, 15) is 4.79 Å². The Kier molecular flexibility index (Phi) is 9.83. The standard InChI is InChI=1S/C12H24NO4.C2H6/c1-3-11(2)16-8-5-13(4-7-14)6-9-17-12(15)10-13;1-2/h11,14H,3-10H2,1-2H3;1-2H3/q+1;. The van der Waals surface area contributed by atoms with Crippen molar-refractivity contribution in [1.29, 1.82) is 0 Å². The molecule has 2 unspecified atom stereocenters. The van der Waals surface area contributed by atoms with Crippen molar-refractivity contribution in [1.82, 2.24) is 0 Å². The highest BCUT2D eigenvalue weighted by molar-refractivity contribution is 5.71. The number of carbonyl (C=O) groups excluding carboxylic acids is 1. The summed E-state index contributed by atoms with van der Waals surface area (Å²) < 4.78 is 11.2. The summed E-state index contributed by atoms with van der Waals surface area (Å²) in [5.74, 6) is -0.173. The molecule has 1 saturated heterocycles. The van der Waals surface area contributed by atoms with Gasteiger partial charge < -0.3 is 19.1 Å². The molecule has 1 rings (SSSR count). The first-order valence-electron chi connectivity index (χ1n) is 7.35. The Labute approximate surface area is 117 Å². The summed E-state index contributed by atoms with van der Waals surface area (Å²) in [6.07, 6.45) is 1.24. The van der Waals surface area contributed by atoms with Crippen molar-refractivity contribution in [2.24, 2.45) is 0 Å². The summed E-state index contributed by atoms with van der Waals surface area (Å²) in [6.45, 7) is 11.8. The van der Waals surface area contributed by atoms with Gasteiger partial charge in [-0.1, -0.05) is 20.8 Å². The van der Waals surface area contributed by atoms with Crippen LogP contribution < -0.4 is 0 Å². The number of ether oxygens (including phenoxy) is 2. The van der Waals surface area contributed by atoms with Crippen molar-refractivity contribution in [3.63, 3.8) is 0 Å². The summed E-state index contributed by atoms with van der Waals surface area (Å²) >= 11 is 0. The van der Waals surface area contributed by atoms with E-state index in [1.54, 1.807) is 0 Å². The van der Waals surface area contributed by atoms with Gasteiger partial charge in [-0.25, -0.2) is 4.79 Å². The number of quaternary nitrogens is 1. The van der Waals surface area contributed by atoms with Gasteiger partial charge in [0.25, 0.3) is 0 Å². The van der Waals surface area contributed by atoms with E-state index in [2.05, 4.69) is 6.92 Å². The normalized spacial score (nSPS) is 24.2. The van der Waals surface area contributed by atoms with E-state index >= 15 is 0 Å². The van der Waals surface area contributed by atoms with Crippen LogP contribution in [0.25, 0.3) is 0 Å². The molecular weight excluding hydrogens is 246 g/mol. The average molecular weight is 276 g/mol. The van der Waals surface area contributed by atoms with Gasteiger partial charge in [0.15, 0.2) is 6.54 Å². The second kappa shape index (κ2) is 10.2. The SMILES string of the molecule is CC.CCC(C)OCC[N+]1(CCO)CCOC(=O)C1. The lowest BCUT2D eigenvalue weighted by Crippen LogP contribution is -2.59. The Morgan fingerprint density at radius 3 is 2.63 bits per heavy atom. The van der Waals surface area contributed by atoms with Crippen LogP contribution in [0.2, 0.25) is 0 Å². The number of nitrogens with zero attached hydrogens (tertiary/aromatic N) is 1. The first-order chi connectivity index (χ1) is 9.12. The number of hydrogen-bond acceptors (Lipinski definition) is 4. The summed E-state index contributed by atoms with van der Waals surface area (Å²) in [4.78, 5) is 11.3. The molecule has 19 heavy (non-hydrogen) atoms. The van der Waals surface area contributed by atoms with Crippen LogP contribution in [0, 0.1) is 0 Å². The van der Waals surface area contributed by atoms with Crippen LogP contribution in [0.3, 0.4) is 0 Å². The molecule has 1 aliphatic heterocycles. The van der Waals surface area contributed by atoms with E-state index in [4.69, 9.17) is 14.6 Å². The molecule has 0 aromatic carbocycles. The van der Waals surface area contributed by atoms with Crippen LogP contribution in [-0.4, -0.2) is 67.7 Å². The Bertz CT molecular complexity index is 244. The number of aliphatic hydroxyl groups excluding tert-OH is 1. The minimum atomic E-state index is -0.173. The molecule has 0 aliphatic carbocycles. The fourth-order valence-corrected chi connectivity index (χ4v) is 2.02. The second-order valence-corrected chi connectivity index (χ2v) is 4.70. The van der Waals surface area contributed by atoms with Crippen LogP contribution in [0.5, 0.6) is 0 Å². The third-order valence-corrected chi connectivity index (χ3v) is 3.41. The molecule has 1 heterocycles. The Morgan fingerprint density at radius 1 is 1.42 bits per heavy atom. The molecule has 0 bridgehead atoms. The van der Waals surface area contributed by atoms with Gasteiger partial charge in [-0.3, -0.25) is 0 Å². The lowest BCUT2D eigenvalue weighted by atomic mass is 10.2. The maximum Gasteiger partial charge on any atom is 0.362 e. The first kappa shape index (κ1) is 18.4. The number of morpholine rings is 1. The Morgan fingerprint density at radius 2 is 2.11 bits per heavy atom. The zero-order valence-electron chi connectivity index (χ0n) is 12.9. The van der Waals surface area contributed by atoms with E-state index in [1.807, 2.05) is 20.8 Å². The van der Waals surface area contributed by atoms with E-state index in [1.165, 1.54) is 0 Å². The molecule has 0 radical (unpaired) electrons. The molecule has 0 aromatic rings. The van der Waals surface area contributed by atoms with Gasteiger partial charge in [0.2, 0.25) is 0 Å². The highest BCUT2D eigenvalue weighted by Gasteiger charge is 2.34. The molecule has 5 heteroatoms. The van der Waals surface area contributed by atoms with Gasteiger partial charge in [0.1, 0.15) is 26.2 Å². The number of carbonyl (C=O) groups is 1. The topological polar surface area (TPSA) is 55.8 Å². The summed E-state index contributed by atoms with van der Waals surface area (Å²) in [6, 6.07) is 0. The predicted molar refractivity (Wildman–Crippen MR) is 74.8 cm³/mol. The molecule has 114 valence electrons. The van der Waals surface area contributed by atoms with E-state index in [0.29, 0.717) is 30.8 Å². The Balaban J connectivity index is 0.00000154. The molecule has 0 saturated carbocycles. The van der Waals surface area contributed by atoms with Gasteiger partial charge in [-0.15, -0.1) is 0 Å². The zero-order valence-corrected chi connectivity index (χ0v) is 12.9. The van der Waals surface area contributed by atoms with Crippen molar-refractivity contribution in [3.05, 3.63) is 0 Å². The van der Waals surface area contributed by atoms with Crippen LogP contribution in [0.15, 0.2) is 0 Å². The lowest BCUT2D eigenvalue weighted by Gasteiger charge is -2.39. The van der Waals surface area contributed by atoms with Crippen molar-refractivity contribution >= 4 is 5.97 Å². The second-order valence-electron chi connectivity index (χ2n) is 4.70. The number of cyclic esters (lactones) is 1. The number of rotatable bonds is 7. The minimum Gasteiger partial charge on any atom is -0.456 e. The average Bonchev–Trinajstić information content (AvgIpc) is 2.41. The van der Waals surface area contributed by atoms with E-state index < -0.39 is 0 Å². The van der Waals surface area contributed by atoms with Crippen molar-refractivity contribution in [2.75, 3.05) is 46.0 Å². The smallest absolute Gasteiger partial charge is 0.362 e. The molecule has 1 fully saturated rings. The van der Waals surface area contributed by atoms with E-state index in [-0.39, 0.29) is 18.7 Å². The van der Waals surface area contributed by atoms with Gasteiger partial charge in [0.05, 0.1) is 19.3 Å². The molecule has 0 amide bonds. The minimum absolute atomic E-state index is 0.0939. The summed E-state index contributed by atoms with van der Waals surface area (Å²) in [5.41, 5.74) is 0. The quantitative estimate of drug-likeness (QED) is 0.560. The third-order valence-electron chi connectivity index (χ3n) is 3.41. The molecule has 5 nitrogen and oxygen atoms in total. The molecule has 0 aromatic heterocycles. The molecule has 1 aliphatic rings. The van der Waals surface area contributed by atoms with Gasteiger partial charge >= 0.3 is 5.97 Å². The number of aliphatic hydroxyl groups is 1. The van der Waals surface area contributed by atoms with Crippen LogP contribution >= 0.6 is 0 Å². The fraction of sp³-hybridized carbons (Fsp3) is 0.929. The van der Waals surface area contributed by atoms with Crippen molar-refractivity contribution in [3.8, 4) is 0 Å². The Hall–Kier alpha value is -0.650. The zero-order chi connectivity index (χ0) is 14.7. The summed E-state index contributed by atoms with van der Waals surface area (Å²) in [5, 5.41) is 9.12. The molecular formula is C14H30NO4+. The van der Waals surface area contributed by atoms with Crippen molar-refractivity contribution < 1.29 is 23.9 Å². The maximum absolute atomic E-state index is 11.3. The van der Waals surface area contributed by atoms with Crippen LogP contribution in [-0.2, 0) is 14.3 Å². The van der Waals surface area contributed by atoms with Crippen LogP contribution in [0.4, 0.5) is 0 Å². The third kappa shape index (κ3) is 6.89. The molecule has 2 atom stereocenters. The fourth-order valence-electron chi connectivity index (χ4n) is 2.02. The van der Waals surface area contributed by atoms with Gasteiger partial charge in [0, 0.05) is 0 Å². The first-order valence-corrected chi connectivity index (χ1v) is 7.35. The largest absolute Gasteiger partial charge is 0.456 e. The number of esters is 1. The van der Waals surface area contributed by atoms with E-state index in [0.717, 1.165) is 19.5 Å². The maximum atomic E-state index is 11.3. The monoisotopic (exact) mass is 276 g/mol. The summed E-state index contributed by atoms with van der Waals surface area (Å²) in [7, 11) is 0.